The highest BCUT2D eigenvalue weighted by atomic mass is 32.2. The molecule has 0 bridgehead atoms. The van der Waals surface area contributed by atoms with E-state index in [1.54, 1.807) is 11.8 Å². The summed E-state index contributed by atoms with van der Waals surface area (Å²) >= 11 is 1.68. The van der Waals surface area contributed by atoms with E-state index in [1.165, 1.54) is 16.0 Å². The number of nitrogens with one attached hydrogen (secondary N) is 1. The number of benzene rings is 2. The van der Waals surface area contributed by atoms with Crippen molar-refractivity contribution in [3.63, 3.8) is 0 Å². The number of aryl methyl sites for hydroxylation is 1. The molecule has 108 valence electrons. The van der Waals surface area contributed by atoms with Gasteiger partial charge in [-0.2, -0.15) is 0 Å². The lowest BCUT2D eigenvalue weighted by Gasteiger charge is -2.26. The molecule has 0 saturated heterocycles. The van der Waals surface area contributed by atoms with Crippen molar-refractivity contribution < 1.29 is 4.79 Å². The zero-order chi connectivity index (χ0) is 14.7. The van der Waals surface area contributed by atoms with Crippen LogP contribution < -0.4 is 5.32 Å². The summed E-state index contributed by atoms with van der Waals surface area (Å²) in [6.45, 7) is 0. The summed E-state index contributed by atoms with van der Waals surface area (Å²) < 4.78 is 0. The van der Waals surface area contributed by atoms with E-state index in [1.807, 2.05) is 30.5 Å². The maximum atomic E-state index is 12.4. The summed E-state index contributed by atoms with van der Waals surface area (Å²) in [7, 11) is 0. The summed E-state index contributed by atoms with van der Waals surface area (Å²) in [4.78, 5) is 13.6. The van der Waals surface area contributed by atoms with E-state index >= 15 is 0 Å². The average molecular weight is 297 g/mol. The largest absolute Gasteiger partial charge is 0.345 e. The first-order valence-corrected chi connectivity index (χ1v) is 8.53. The Morgan fingerprint density at radius 1 is 1.14 bits per heavy atom. The summed E-state index contributed by atoms with van der Waals surface area (Å²) in [5.41, 5.74) is 3.38. The fourth-order valence-electron chi connectivity index (χ4n) is 2.89. The minimum atomic E-state index is 0.0179. The Bertz CT molecular complexity index is 636. The molecule has 0 heterocycles. The second kappa shape index (κ2) is 6.35. The molecule has 2 nitrogen and oxygen atoms in total. The van der Waals surface area contributed by atoms with Crippen LogP contribution in [0.4, 0.5) is 0 Å². The van der Waals surface area contributed by atoms with Crippen molar-refractivity contribution in [3.8, 4) is 0 Å². The fraction of sp³-hybridized carbons (Fsp3) is 0.278. The minimum Gasteiger partial charge on any atom is -0.345 e. The van der Waals surface area contributed by atoms with Crippen LogP contribution in [0.2, 0.25) is 0 Å². The first-order valence-electron chi connectivity index (χ1n) is 7.30. The lowest BCUT2D eigenvalue weighted by atomic mass is 9.87. The molecule has 0 saturated carbocycles. The molecule has 2 aromatic carbocycles. The molecule has 3 rings (SSSR count). The van der Waals surface area contributed by atoms with Crippen molar-refractivity contribution in [2.45, 2.75) is 30.2 Å². The third-order valence-electron chi connectivity index (χ3n) is 4.03. The van der Waals surface area contributed by atoms with Crippen LogP contribution >= 0.6 is 11.8 Å². The van der Waals surface area contributed by atoms with Crippen molar-refractivity contribution >= 4 is 17.7 Å². The van der Waals surface area contributed by atoms with E-state index < -0.39 is 0 Å². The predicted molar refractivity (Wildman–Crippen MR) is 87.8 cm³/mol. The maximum absolute atomic E-state index is 12.4. The Morgan fingerprint density at radius 2 is 1.90 bits per heavy atom. The first-order chi connectivity index (χ1) is 10.3. The van der Waals surface area contributed by atoms with Crippen LogP contribution in [0, 0.1) is 0 Å². The zero-order valence-electron chi connectivity index (χ0n) is 12.1. The van der Waals surface area contributed by atoms with E-state index in [2.05, 4.69) is 29.6 Å². The van der Waals surface area contributed by atoms with Gasteiger partial charge in [0.15, 0.2) is 0 Å². The Balaban J connectivity index is 1.76. The molecule has 3 heteroatoms. The number of rotatable bonds is 3. The van der Waals surface area contributed by atoms with E-state index in [4.69, 9.17) is 0 Å². The van der Waals surface area contributed by atoms with E-state index in [0.717, 1.165) is 24.8 Å². The fourth-order valence-corrected chi connectivity index (χ4v) is 3.30. The number of carbonyl (C=O) groups excluding carboxylic acids is 1. The summed E-state index contributed by atoms with van der Waals surface area (Å²) in [5, 5.41) is 3.18. The van der Waals surface area contributed by atoms with Gasteiger partial charge in [0.2, 0.25) is 0 Å². The lowest BCUT2D eigenvalue weighted by molar-refractivity contribution is 0.0932. The van der Waals surface area contributed by atoms with Gasteiger partial charge >= 0.3 is 0 Å². The molecular weight excluding hydrogens is 278 g/mol. The maximum Gasteiger partial charge on any atom is 0.251 e. The van der Waals surface area contributed by atoms with Gasteiger partial charge in [-0.05, 0) is 60.9 Å². The smallest absolute Gasteiger partial charge is 0.251 e. The number of fused-ring (bicyclic) bond motifs is 1. The molecule has 0 spiro atoms. The molecule has 1 amide bonds. The van der Waals surface area contributed by atoms with Gasteiger partial charge in [-0.25, -0.2) is 0 Å². The van der Waals surface area contributed by atoms with Crippen molar-refractivity contribution in [1.29, 1.82) is 0 Å². The molecule has 2 aromatic rings. The van der Waals surface area contributed by atoms with Gasteiger partial charge in [0.05, 0.1) is 6.04 Å². The normalized spacial score (nSPS) is 17.1. The topological polar surface area (TPSA) is 29.1 Å². The highest BCUT2D eigenvalue weighted by molar-refractivity contribution is 7.98. The Hall–Kier alpha value is -1.74. The Kier molecular flexibility index (Phi) is 4.30. The SMILES string of the molecule is CSc1ccc(C(=O)N[C@@H]2CCCc3ccccc32)cc1. The molecule has 0 aromatic heterocycles. The van der Waals surface area contributed by atoms with Crippen molar-refractivity contribution in [1.82, 2.24) is 5.32 Å². The van der Waals surface area contributed by atoms with Crippen molar-refractivity contribution in [2.24, 2.45) is 0 Å². The summed E-state index contributed by atoms with van der Waals surface area (Å²) in [6.07, 6.45) is 5.30. The van der Waals surface area contributed by atoms with Crippen LogP contribution in [0.15, 0.2) is 53.4 Å². The summed E-state index contributed by atoms with van der Waals surface area (Å²) in [5.74, 6) is 0.0179. The second-order valence-electron chi connectivity index (χ2n) is 5.35. The van der Waals surface area contributed by atoms with Crippen LogP contribution in [0.25, 0.3) is 0 Å². The highest BCUT2D eigenvalue weighted by Gasteiger charge is 2.21. The monoisotopic (exact) mass is 297 g/mol. The average Bonchev–Trinajstić information content (AvgIpc) is 2.55. The lowest BCUT2D eigenvalue weighted by Crippen LogP contribution is -2.30. The molecule has 1 N–H and O–H groups in total. The van der Waals surface area contributed by atoms with Gasteiger partial charge < -0.3 is 5.32 Å². The van der Waals surface area contributed by atoms with Crippen LogP contribution in [0.3, 0.4) is 0 Å². The number of thioether (sulfide) groups is 1. The zero-order valence-corrected chi connectivity index (χ0v) is 13.0. The van der Waals surface area contributed by atoms with Crippen LogP contribution in [0.1, 0.15) is 40.4 Å². The van der Waals surface area contributed by atoms with Gasteiger partial charge in [0, 0.05) is 10.5 Å². The van der Waals surface area contributed by atoms with Gasteiger partial charge in [-0.15, -0.1) is 11.8 Å². The van der Waals surface area contributed by atoms with E-state index in [9.17, 15) is 4.79 Å². The molecular formula is C18H19NOS. The van der Waals surface area contributed by atoms with E-state index in [-0.39, 0.29) is 11.9 Å². The molecule has 0 aliphatic heterocycles. The van der Waals surface area contributed by atoms with Gasteiger partial charge in [-0.1, -0.05) is 24.3 Å². The first kappa shape index (κ1) is 14.2. The van der Waals surface area contributed by atoms with Gasteiger partial charge in [-0.3, -0.25) is 4.79 Å². The molecule has 0 radical (unpaired) electrons. The molecule has 0 fully saturated rings. The van der Waals surface area contributed by atoms with Crippen LogP contribution in [-0.4, -0.2) is 12.2 Å². The highest BCUT2D eigenvalue weighted by Crippen LogP contribution is 2.29. The number of hydrogen-bond acceptors (Lipinski definition) is 2. The minimum absolute atomic E-state index is 0.0179. The third-order valence-corrected chi connectivity index (χ3v) is 4.77. The molecule has 1 aliphatic rings. The van der Waals surface area contributed by atoms with Gasteiger partial charge in [0.1, 0.15) is 0 Å². The predicted octanol–water partition coefficient (Wildman–Crippen LogP) is 4.22. The summed E-state index contributed by atoms with van der Waals surface area (Å²) in [6, 6.07) is 16.4. The number of hydrogen-bond donors (Lipinski definition) is 1. The molecule has 21 heavy (non-hydrogen) atoms. The Labute approximate surface area is 130 Å². The number of amides is 1. The standard InChI is InChI=1S/C18H19NOS/c1-21-15-11-9-14(10-12-15)18(20)19-17-8-4-6-13-5-2-3-7-16(13)17/h2-3,5,7,9-12,17H,4,6,8H2,1H3,(H,19,20)/t17-/m1/s1. The molecule has 0 unspecified atom stereocenters. The van der Waals surface area contributed by atoms with Crippen molar-refractivity contribution in [3.05, 3.63) is 65.2 Å². The second-order valence-corrected chi connectivity index (χ2v) is 6.23. The van der Waals surface area contributed by atoms with Gasteiger partial charge in [0.25, 0.3) is 5.91 Å². The number of carbonyl (C=O) groups is 1. The van der Waals surface area contributed by atoms with Crippen LogP contribution in [-0.2, 0) is 6.42 Å². The quantitative estimate of drug-likeness (QED) is 0.860. The van der Waals surface area contributed by atoms with Crippen molar-refractivity contribution in [2.75, 3.05) is 6.26 Å². The van der Waals surface area contributed by atoms with E-state index in [0.29, 0.717) is 0 Å². The third kappa shape index (κ3) is 3.13. The molecule has 1 aliphatic carbocycles. The Morgan fingerprint density at radius 3 is 2.67 bits per heavy atom. The molecule has 1 atom stereocenters. The van der Waals surface area contributed by atoms with Crippen LogP contribution in [0.5, 0.6) is 0 Å².